The molecule has 1 heterocycles. The number of benzene rings is 3. The second-order valence-corrected chi connectivity index (χ2v) is 7.39. The maximum absolute atomic E-state index is 10.5. The first-order chi connectivity index (χ1) is 11.3. The monoisotopic (exact) mass is 319 g/mol. The van der Waals surface area contributed by atoms with Crippen LogP contribution < -0.4 is 5.32 Å². The molecular weight excluding hydrogens is 302 g/mol. The van der Waals surface area contributed by atoms with Gasteiger partial charge >= 0.3 is 0 Å². The number of nitrogens with one attached hydrogen (secondary N) is 1. The molecule has 3 aromatic carbocycles. The van der Waals surface area contributed by atoms with Crippen molar-refractivity contribution in [2.24, 2.45) is 0 Å². The van der Waals surface area contributed by atoms with Gasteiger partial charge in [0.15, 0.2) is 0 Å². The van der Waals surface area contributed by atoms with Crippen LogP contribution in [0.2, 0.25) is 0 Å². The van der Waals surface area contributed by atoms with Crippen molar-refractivity contribution < 1.29 is 5.11 Å². The van der Waals surface area contributed by atoms with Crippen LogP contribution in [0.25, 0.3) is 21.9 Å². The fraction of sp³-hybridized carbons (Fsp3) is 0.200. The molecule has 0 fully saturated rings. The summed E-state index contributed by atoms with van der Waals surface area (Å²) in [7, 11) is 0. The normalized spacial score (nSPS) is 15.5. The van der Waals surface area contributed by atoms with E-state index in [1.807, 2.05) is 17.8 Å². The number of phenols is 1. The van der Waals surface area contributed by atoms with Crippen molar-refractivity contribution >= 4 is 28.2 Å². The molecule has 0 bridgehead atoms. The van der Waals surface area contributed by atoms with E-state index in [2.05, 4.69) is 41.7 Å². The van der Waals surface area contributed by atoms with Crippen LogP contribution in [0.1, 0.15) is 11.1 Å². The predicted octanol–water partition coefficient (Wildman–Crippen LogP) is 4.83. The zero-order valence-corrected chi connectivity index (χ0v) is 13.5. The minimum absolute atomic E-state index is 0.401. The Balaban J connectivity index is 1.89. The Morgan fingerprint density at radius 3 is 2.78 bits per heavy atom. The molecular formula is C20H17NOS. The SMILES string of the molecule is Oc1cc2c(c3cc4c(cc13)NCCS4)-c1ccccc1CC2. The zero-order valence-electron chi connectivity index (χ0n) is 12.7. The molecule has 114 valence electrons. The third kappa shape index (κ3) is 1.96. The van der Waals surface area contributed by atoms with Gasteiger partial charge in [-0.2, -0.15) is 0 Å². The quantitative estimate of drug-likeness (QED) is 0.622. The molecule has 0 saturated carbocycles. The molecule has 0 spiro atoms. The van der Waals surface area contributed by atoms with Gasteiger partial charge in [0, 0.05) is 28.3 Å². The van der Waals surface area contributed by atoms with Gasteiger partial charge in [0.25, 0.3) is 0 Å². The molecule has 2 N–H and O–H groups in total. The highest BCUT2D eigenvalue weighted by atomic mass is 32.2. The highest BCUT2D eigenvalue weighted by Crippen LogP contribution is 2.45. The first-order valence-corrected chi connectivity index (χ1v) is 9.07. The smallest absolute Gasteiger partial charge is 0.123 e. The van der Waals surface area contributed by atoms with Gasteiger partial charge in [-0.1, -0.05) is 24.3 Å². The van der Waals surface area contributed by atoms with Crippen molar-refractivity contribution in [1.82, 2.24) is 0 Å². The van der Waals surface area contributed by atoms with Gasteiger partial charge < -0.3 is 10.4 Å². The molecule has 1 aliphatic heterocycles. The van der Waals surface area contributed by atoms with Crippen LogP contribution in [0.4, 0.5) is 5.69 Å². The van der Waals surface area contributed by atoms with Crippen molar-refractivity contribution in [2.75, 3.05) is 17.6 Å². The molecule has 0 radical (unpaired) electrons. The first-order valence-electron chi connectivity index (χ1n) is 8.09. The van der Waals surface area contributed by atoms with Gasteiger partial charge in [0.1, 0.15) is 5.75 Å². The number of aromatic hydroxyl groups is 1. The number of phenolic OH excluding ortho intramolecular Hbond substituents is 1. The zero-order chi connectivity index (χ0) is 15.4. The third-order valence-electron chi connectivity index (χ3n) is 4.92. The molecule has 0 saturated heterocycles. The van der Waals surface area contributed by atoms with E-state index < -0.39 is 0 Å². The topological polar surface area (TPSA) is 32.3 Å². The van der Waals surface area contributed by atoms with Gasteiger partial charge in [0.2, 0.25) is 0 Å². The molecule has 2 aliphatic rings. The second-order valence-electron chi connectivity index (χ2n) is 6.26. The minimum atomic E-state index is 0.401. The molecule has 3 aromatic rings. The average Bonchev–Trinajstić information content (AvgIpc) is 2.60. The average molecular weight is 319 g/mol. The summed E-state index contributed by atoms with van der Waals surface area (Å²) in [5.74, 6) is 1.49. The van der Waals surface area contributed by atoms with Gasteiger partial charge in [-0.25, -0.2) is 0 Å². The van der Waals surface area contributed by atoms with Crippen LogP contribution in [-0.2, 0) is 12.8 Å². The number of rotatable bonds is 0. The number of hydrogen-bond donors (Lipinski definition) is 2. The highest BCUT2D eigenvalue weighted by Gasteiger charge is 2.22. The molecule has 0 amide bonds. The molecule has 0 atom stereocenters. The van der Waals surface area contributed by atoms with E-state index in [1.54, 1.807) is 0 Å². The molecule has 0 aromatic heterocycles. The standard InChI is InChI=1S/C20H17NOS/c22-18-9-13-6-5-12-3-1-2-4-14(12)20(13)16-11-19-17(10-15(16)18)21-7-8-23-19/h1-4,9-11,21-22H,5-8H2. The Morgan fingerprint density at radius 2 is 1.83 bits per heavy atom. The molecule has 3 heteroatoms. The fourth-order valence-corrected chi connectivity index (χ4v) is 4.77. The Kier molecular flexibility index (Phi) is 2.86. The summed E-state index contributed by atoms with van der Waals surface area (Å²) in [6.07, 6.45) is 2.05. The Bertz CT molecular complexity index is 948. The Morgan fingerprint density at radius 1 is 0.957 bits per heavy atom. The lowest BCUT2D eigenvalue weighted by Crippen LogP contribution is -2.10. The summed E-state index contributed by atoms with van der Waals surface area (Å²) in [4.78, 5) is 1.29. The summed E-state index contributed by atoms with van der Waals surface area (Å²) >= 11 is 1.90. The van der Waals surface area contributed by atoms with E-state index in [9.17, 15) is 5.11 Å². The van der Waals surface area contributed by atoms with Crippen molar-refractivity contribution in [3.05, 3.63) is 53.6 Å². The second kappa shape index (κ2) is 4.93. The molecule has 1 aliphatic carbocycles. The van der Waals surface area contributed by atoms with E-state index >= 15 is 0 Å². The van der Waals surface area contributed by atoms with E-state index in [4.69, 9.17) is 0 Å². The maximum Gasteiger partial charge on any atom is 0.123 e. The molecule has 5 rings (SSSR count). The third-order valence-corrected chi connectivity index (χ3v) is 5.98. The lowest BCUT2D eigenvalue weighted by molar-refractivity contribution is 0.481. The Hall–Kier alpha value is -2.13. The van der Waals surface area contributed by atoms with Crippen LogP contribution in [0.3, 0.4) is 0 Å². The van der Waals surface area contributed by atoms with Crippen molar-refractivity contribution in [1.29, 1.82) is 0 Å². The van der Waals surface area contributed by atoms with E-state index in [1.165, 1.54) is 32.5 Å². The minimum Gasteiger partial charge on any atom is -0.507 e. The van der Waals surface area contributed by atoms with Crippen LogP contribution in [0.5, 0.6) is 5.75 Å². The number of thioether (sulfide) groups is 1. The van der Waals surface area contributed by atoms with Gasteiger partial charge in [-0.05, 0) is 58.7 Å². The predicted molar refractivity (Wildman–Crippen MR) is 97.7 cm³/mol. The van der Waals surface area contributed by atoms with Gasteiger partial charge in [-0.15, -0.1) is 11.8 Å². The van der Waals surface area contributed by atoms with E-state index in [0.717, 1.165) is 36.2 Å². The maximum atomic E-state index is 10.5. The fourth-order valence-electron chi connectivity index (χ4n) is 3.86. The first kappa shape index (κ1) is 13.3. The van der Waals surface area contributed by atoms with E-state index in [0.29, 0.717) is 5.75 Å². The van der Waals surface area contributed by atoms with Crippen molar-refractivity contribution in [2.45, 2.75) is 17.7 Å². The van der Waals surface area contributed by atoms with Crippen LogP contribution in [0, 0.1) is 0 Å². The summed E-state index contributed by atoms with van der Waals surface area (Å²) in [6.45, 7) is 0.984. The van der Waals surface area contributed by atoms with Crippen LogP contribution in [0.15, 0.2) is 47.4 Å². The molecule has 23 heavy (non-hydrogen) atoms. The summed E-state index contributed by atoms with van der Waals surface area (Å²) in [5.41, 5.74) is 6.46. The van der Waals surface area contributed by atoms with Gasteiger partial charge in [-0.3, -0.25) is 0 Å². The van der Waals surface area contributed by atoms with Crippen LogP contribution >= 0.6 is 11.8 Å². The van der Waals surface area contributed by atoms with Crippen molar-refractivity contribution in [3.8, 4) is 16.9 Å². The number of fused-ring (bicyclic) bond motifs is 6. The summed E-state index contributed by atoms with van der Waals surface area (Å²) in [5, 5.41) is 16.1. The largest absolute Gasteiger partial charge is 0.507 e. The van der Waals surface area contributed by atoms with E-state index in [-0.39, 0.29) is 0 Å². The molecule has 0 unspecified atom stereocenters. The number of anilines is 1. The van der Waals surface area contributed by atoms with Gasteiger partial charge in [0.05, 0.1) is 0 Å². The van der Waals surface area contributed by atoms with Crippen LogP contribution in [-0.4, -0.2) is 17.4 Å². The summed E-state index contributed by atoms with van der Waals surface area (Å²) < 4.78 is 0. The lowest BCUT2D eigenvalue weighted by Gasteiger charge is -2.24. The molecule has 2 nitrogen and oxygen atoms in total. The summed E-state index contributed by atoms with van der Waals surface area (Å²) in [6, 6.07) is 15.0. The Labute approximate surface area is 139 Å². The van der Waals surface area contributed by atoms with Crippen molar-refractivity contribution in [3.63, 3.8) is 0 Å². The number of hydrogen-bond acceptors (Lipinski definition) is 3. The highest BCUT2D eigenvalue weighted by molar-refractivity contribution is 7.99. The number of aryl methyl sites for hydroxylation is 2. The lowest BCUT2D eigenvalue weighted by atomic mass is 9.82.